The number of methoxy groups -OCH3 is 1. The molecule has 0 aliphatic carbocycles. The van der Waals surface area contributed by atoms with Gasteiger partial charge in [0, 0.05) is 33.3 Å². The molecular formula is C14H19N5O2S. The first-order valence-electron chi connectivity index (χ1n) is 7.17. The van der Waals surface area contributed by atoms with Crippen LogP contribution in [0.5, 0.6) is 0 Å². The molecule has 0 spiro atoms. The summed E-state index contributed by atoms with van der Waals surface area (Å²) in [5.41, 5.74) is 6.78. The highest BCUT2D eigenvalue weighted by molar-refractivity contribution is 7.17. The number of hydrogen-bond acceptors (Lipinski definition) is 7. The monoisotopic (exact) mass is 321 g/mol. The maximum Gasteiger partial charge on any atom is 0.241 e. The summed E-state index contributed by atoms with van der Waals surface area (Å²) in [6.07, 6.45) is 1.59. The molecule has 3 heterocycles. The van der Waals surface area contributed by atoms with Crippen molar-refractivity contribution in [2.24, 2.45) is 5.73 Å². The summed E-state index contributed by atoms with van der Waals surface area (Å²) in [6, 6.07) is 1.41. The summed E-state index contributed by atoms with van der Waals surface area (Å²) in [5, 5.41) is 2.02. The van der Waals surface area contributed by atoms with E-state index in [2.05, 4.69) is 14.9 Å². The topological polar surface area (TPSA) is 84.6 Å². The van der Waals surface area contributed by atoms with Crippen LogP contribution in [0, 0.1) is 0 Å². The Morgan fingerprint density at radius 3 is 2.91 bits per heavy atom. The van der Waals surface area contributed by atoms with Crippen LogP contribution in [-0.4, -0.2) is 66.7 Å². The quantitative estimate of drug-likeness (QED) is 0.873. The third-order valence-electron chi connectivity index (χ3n) is 3.78. The number of carbonyl (C=O) groups is 1. The first-order chi connectivity index (χ1) is 10.7. The van der Waals surface area contributed by atoms with E-state index in [9.17, 15) is 4.79 Å². The van der Waals surface area contributed by atoms with Crippen LogP contribution in [0.1, 0.15) is 0 Å². The van der Waals surface area contributed by atoms with Crippen LogP contribution in [0.25, 0.3) is 10.2 Å². The third-order valence-corrected chi connectivity index (χ3v) is 4.68. The Morgan fingerprint density at radius 2 is 2.18 bits per heavy atom. The van der Waals surface area contributed by atoms with Gasteiger partial charge in [0.2, 0.25) is 5.91 Å². The minimum atomic E-state index is -0.584. The second-order valence-corrected chi connectivity index (χ2v) is 6.12. The van der Waals surface area contributed by atoms with E-state index in [1.165, 1.54) is 0 Å². The average molecular weight is 321 g/mol. The molecule has 22 heavy (non-hydrogen) atoms. The summed E-state index contributed by atoms with van der Waals surface area (Å²) >= 11 is 1.64. The van der Waals surface area contributed by atoms with Crippen molar-refractivity contribution in [3.05, 3.63) is 17.8 Å². The van der Waals surface area contributed by atoms with Gasteiger partial charge in [-0.05, 0) is 11.4 Å². The third kappa shape index (κ3) is 2.90. The van der Waals surface area contributed by atoms with Gasteiger partial charge in [0.15, 0.2) is 0 Å². The number of nitrogens with zero attached hydrogens (tertiary/aromatic N) is 4. The van der Waals surface area contributed by atoms with Crippen LogP contribution in [0.3, 0.4) is 0 Å². The van der Waals surface area contributed by atoms with Gasteiger partial charge in [-0.25, -0.2) is 9.97 Å². The van der Waals surface area contributed by atoms with E-state index in [4.69, 9.17) is 10.5 Å². The van der Waals surface area contributed by atoms with Crippen LogP contribution >= 0.6 is 11.3 Å². The average Bonchev–Trinajstić information content (AvgIpc) is 3.03. The second kappa shape index (κ2) is 6.55. The highest BCUT2D eigenvalue weighted by atomic mass is 32.1. The number of ether oxygens (including phenoxy) is 1. The Kier molecular flexibility index (Phi) is 4.51. The van der Waals surface area contributed by atoms with Crippen LogP contribution in [0.2, 0.25) is 0 Å². The fourth-order valence-electron chi connectivity index (χ4n) is 2.63. The van der Waals surface area contributed by atoms with Crippen molar-refractivity contribution in [1.82, 2.24) is 14.9 Å². The number of anilines is 1. The molecule has 1 saturated heterocycles. The predicted octanol–water partition coefficient (Wildman–Crippen LogP) is 0.314. The lowest BCUT2D eigenvalue weighted by atomic mass is 10.2. The zero-order chi connectivity index (χ0) is 15.5. The Morgan fingerprint density at radius 1 is 1.41 bits per heavy atom. The van der Waals surface area contributed by atoms with Crippen molar-refractivity contribution >= 4 is 33.3 Å². The van der Waals surface area contributed by atoms with Gasteiger partial charge >= 0.3 is 0 Å². The molecule has 0 aromatic carbocycles. The summed E-state index contributed by atoms with van der Waals surface area (Å²) in [4.78, 5) is 24.9. The normalized spacial score (nSPS) is 17.0. The summed E-state index contributed by atoms with van der Waals surface area (Å²) < 4.78 is 6.04. The van der Waals surface area contributed by atoms with Crippen molar-refractivity contribution in [1.29, 1.82) is 0 Å². The molecule has 3 rings (SSSR count). The first-order valence-corrected chi connectivity index (χ1v) is 8.05. The van der Waals surface area contributed by atoms with Crippen LogP contribution in [0.15, 0.2) is 17.8 Å². The molecule has 1 unspecified atom stereocenters. The van der Waals surface area contributed by atoms with Gasteiger partial charge in [-0.15, -0.1) is 11.3 Å². The summed E-state index contributed by atoms with van der Waals surface area (Å²) in [6.45, 7) is 3.03. The van der Waals surface area contributed by atoms with Gasteiger partial charge in [0.1, 0.15) is 18.2 Å². The number of aromatic nitrogens is 2. The van der Waals surface area contributed by atoms with Gasteiger partial charge in [-0.2, -0.15) is 0 Å². The fraction of sp³-hybridized carbons (Fsp3) is 0.500. The predicted molar refractivity (Wildman–Crippen MR) is 86.1 cm³/mol. The van der Waals surface area contributed by atoms with Gasteiger partial charge < -0.3 is 20.3 Å². The van der Waals surface area contributed by atoms with E-state index in [0.717, 1.165) is 29.1 Å². The lowest BCUT2D eigenvalue weighted by molar-refractivity contribution is -0.134. The lowest BCUT2D eigenvalue weighted by Gasteiger charge is -2.36. The molecule has 8 heteroatoms. The van der Waals surface area contributed by atoms with Crippen molar-refractivity contribution in [3.63, 3.8) is 0 Å². The second-order valence-electron chi connectivity index (χ2n) is 5.21. The minimum Gasteiger partial charge on any atom is -0.383 e. The molecule has 1 amide bonds. The molecular weight excluding hydrogens is 302 g/mol. The molecule has 0 radical (unpaired) electrons. The van der Waals surface area contributed by atoms with Gasteiger partial charge in [-0.3, -0.25) is 4.79 Å². The van der Waals surface area contributed by atoms with Crippen LogP contribution in [-0.2, 0) is 9.53 Å². The van der Waals surface area contributed by atoms with E-state index in [0.29, 0.717) is 13.1 Å². The number of amides is 1. The Labute approximate surface area is 132 Å². The summed E-state index contributed by atoms with van der Waals surface area (Å²) in [7, 11) is 1.55. The zero-order valence-corrected chi connectivity index (χ0v) is 13.3. The van der Waals surface area contributed by atoms with Gasteiger partial charge in [0.25, 0.3) is 0 Å². The van der Waals surface area contributed by atoms with E-state index in [1.807, 2.05) is 11.4 Å². The molecule has 1 fully saturated rings. The van der Waals surface area contributed by atoms with E-state index < -0.39 is 6.04 Å². The number of piperazine rings is 1. The molecule has 2 N–H and O–H groups in total. The number of fused-ring (bicyclic) bond motifs is 1. The summed E-state index contributed by atoms with van der Waals surface area (Å²) in [5.74, 6) is 0.902. The smallest absolute Gasteiger partial charge is 0.241 e. The Bertz CT molecular complexity index is 653. The molecule has 118 valence electrons. The zero-order valence-electron chi connectivity index (χ0n) is 12.4. The number of hydrogen-bond donors (Lipinski definition) is 1. The Balaban J connectivity index is 1.67. The standard InChI is InChI=1S/C14H19N5O2S/c1-21-8-10(15)14(20)19-5-3-18(4-6-19)13-12-11(2-7-22-12)16-9-17-13/h2,7,9-10H,3-6,8,15H2,1H3. The molecule has 1 atom stereocenters. The van der Waals surface area contributed by atoms with Crippen molar-refractivity contribution in [2.75, 3.05) is 44.8 Å². The SMILES string of the molecule is COCC(N)C(=O)N1CCN(c2ncnc3ccsc23)CC1. The molecule has 2 aromatic rings. The van der Waals surface area contributed by atoms with Crippen LogP contribution in [0.4, 0.5) is 5.82 Å². The lowest BCUT2D eigenvalue weighted by Crippen LogP contribution is -2.54. The van der Waals surface area contributed by atoms with E-state index in [1.54, 1.807) is 29.7 Å². The fourth-order valence-corrected chi connectivity index (χ4v) is 3.49. The number of carbonyl (C=O) groups excluding carboxylic acids is 1. The first kappa shape index (κ1) is 15.1. The van der Waals surface area contributed by atoms with Crippen LogP contribution < -0.4 is 10.6 Å². The number of rotatable bonds is 4. The number of nitrogens with two attached hydrogens (primary N) is 1. The van der Waals surface area contributed by atoms with Gasteiger partial charge in [-0.1, -0.05) is 0 Å². The highest BCUT2D eigenvalue weighted by Crippen LogP contribution is 2.28. The maximum atomic E-state index is 12.2. The van der Waals surface area contributed by atoms with Crippen molar-refractivity contribution in [3.8, 4) is 0 Å². The molecule has 0 saturated carbocycles. The molecule has 0 bridgehead atoms. The molecule has 2 aromatic heterocycles. The largest absolute Gasteiger partial charge is 0.383 e. The molecule has 7 nitrogen and oxygen atoms in total. The van der Waals surface area contributed by atoms with Crippen molar-refractivity contribution < 1.29 is 9.53 Å². The number of thiophene rings is 1. The molecule has 1 aliphatic rings. The van der Waals surface area contributed by atoms with Crippen molar-refractivity contribution in [2.45, 2.75) is 6.04 Å². The maximum absolute atomic E-state index is 12.2. The van der Waals surface area contributed by atoms with Gasteiger partial charge in [0.05, 0.1) is 16.8 Å². The minimum absolute atomic E-state index is 0.0505. The van der Waals surface area contributed by atoms with E-state index >= 15 is 0 Å². The highest BCUT2D eigenvalue weighted by Gasteiger charge is 2.26. The molecule has 1 aliphatic heterocycles. The van der Waals surface area contributed by atoms with E-state index in [-0.39, 0.29) is 12.5 Å². The Hall–Kier alpha value is -1.77.